The lowest BCUT2D eigenvalue weighted by atomic mass is 9.97. The van der Waals surface area contributed by atoms with Crippen molar-refractivity contribution in [2.24, 2.45) is 0 Å². The molecule has 0 radical (unpaired) electrons. The summed E-state index contributed by atoms with van der Waals surface area (Å²) in [4.78, 5) is 0. The van der Waals surface area contributed by atoms with Crippen LogP contribution in [0.25, 0.3) is 0 Å². The quantitative estimate of drug-likeness (QED) is 0.562. The van der Waals surface area contributed by atoms with Gasteiger partial charge in [0.05, 0.1) is 14.2 Å². The average molecular weight is 283 g/mol. The van der Waals surface area contributed by atoms with Gasteiger partial charge < -0.3 is 4.74 Å². The largest absolute Gasteiger partial charge is 0.378 e. The SMILES string of the molecule is CCCOC1CCC([Si]2(CCC)CCCCC2)CC1. The van der Waals surface area contributed by atoms with Gasteiger partial charge in [0.1, 0.15) is 0 Å². The minimum atomic E-state index is -0.898. The number of ether oxygens (including phenoxy) is 1. The normalized spacial score (nSPS) is 31.3. The van der Waals surface area contributed by atoms with Crippen LogP contribution in [0.15, 0.2) is 0 Å². The van der Waals surface area contributed by atoms with Gasteiger partial charge in [-0.2, -0.15) is 0 Å². The minimum Gasteiger partial charge on any atom is -0.378 e. The van der Waals surface area contributed by atoms with Crippen LogP contribution in [-0.2, 0) is 4.74 Å². The Balaban J connectivity index is 1.86. The van der Waals surface area contributed by atoms with Gasteiger partial charge in [-0.05, 0) is 24.8 Å². The van der Waals surface area contributed by atoms with E-state index in [-0.39, 0.29) is 0 Å². The predicted molar refractivity (Wildman–Crippen MR) is 86.6 cm³/mol. The molecule has 1 nitrogen and oxygen atoms in total. The summed E-state index contributed by atoms with van der Waals surface area (Å²) in [6, 6.07) is 4.94. The molecule has 2 aliphatic rings. The molecular weight excluding hydrogens is 248 g/mol. The van der Waals surface area contributed by atoms with Gasteiger partial charge in [-0.15, -0.1) is 0 Å². The van der Waals surface area contributed by atoms with E-state index in [0.29, 0.717) is 6.10 Å². The van der Waals surface area contributed by atoms with E-state index in [1.54, 1.807) is 31.0 Å². The fraction of sp³-hybridized carbons (Fsp3) is 1.00. The zero-order chi connectivity index (χ0) is 13.6. The van der Waals surface area contributed by atoms with Crippen LogP contribution in [0.2, 0.25) is 23.7 Å². The Morgan fingerprint density at radius 3 is 2.16 bits per heavy atom. The van der Waals surface area contributed by atoms with Gasteiger partial charge in [-0.1, -0.05) is 70.5 Å². The Bertz CT molecular complexity index is 234. The molecule has 0 aromatic heterocycles. The van der Waals surface area contributed by atoms with Crippen molar-refractivity contribution >= 4 is 8.07 Å². The molecular formula is C17H34OSi. The lowest BCUT2D eigenvalue weighted by Crippen LogP contribution is -2.43. The summed E-state index contributed by atoms with van der Waals surface area (Å²) in [7, 11) is -0.898. The molecule has 2 rings (SSSR count). The standard InChI is InChI=1S/C17H34OSi/c1-3-12-18-16-8-10-17(11-9-16)19(13-4-2)14-6-5-7-15-19/h16-17H,3-15H2,1-2H3. The Kier molecular flexibility index (Phi) is 6.41. The fourth-order valence-electron chi connectivity index (χ4n) is 4.74. The summed E-state index contributed by atoms with van der Waals surface area (Å²) >= 11 is 0. The molecule has 1 heterocycles. The predicted octanol–water partition coefficient (Wildman–Crippen LogP) is 5.77. The molecule has 1 saturated carbocycles. The summed E-state index contributed by atoms with van der Waals surface area (Å²) in [5.74, 6) is 0. The average Bonchev–Trinajstić information content (AvgIpc) is 2.47. The molecule has 0 N–H and O–H groups in total. The zero-order valence-corrected chi connectivity index (χ0v) is 14.3. The van der Waals surface area contributed by atoms with Crippen LogP contribution in [0, 0.1) is 0 Å². The lowest BCUT2D eigenvalue weighted by Gasteiger charge is -2.45. The maximum absolute atomic E-state index is 5.98. The van der Waals surface area contributed by atoms with Crippen molar-refractivity contribution in [1.82, 2.24) is 0 Å². The van der Waals surface area contributed by atoms with Gasteiger partial charge in [-0.3, -0.25) is 0 Å². The van der Waals surface area contributed by atoms with Crippen LogP contribution in [0.1, 0.15) is 71.6 Å². The number of hydrogen-bond acceptors (Lipinski definition) is 1. The lowest BCUT2D eigenvalue weighted by molar-refractivity contribution is 0.0283. The maximum Gasteiger partial charge on any atom is 0.0575 e. The summed E-state index contributed by atoms with van der Waals surface area (Å²) in [5, 5.41) is 0. The molecule has 2 fully saturated rings. The molecule has 0 aromatic rings. The van der Waals surface area contributed by atoms with Crippen molar-refractivity contribution in [1.29, 1.82) is 0 Å². The Morgan fingerprint density at radius 2 is 1.58 bits per heavy atom. The van der Waals surface area contributed by atoms with E-state index in [1.165, 1.54) is 44.9 Å². The summed E-state index contributed by atoms with van der Waals surface area (Å²) in [6.45, 7) is 5.61. The monoisotopic (exact) mass is 282 g/mol. The van der Waals surface area contributed by atoms with Gasteiger partial charge in [0.2, 0.25) is 0 Å². The molecule has 2 heteroatoms. The molecule has 19 heavy (non-hydrogen) atoms. The zero-order valence-electron chi connectivity index (χ0n) is 13.3. The van der Waals surface area contributed by atoms with Gasteiger partial charge in [-0.25, -0.2) is 0 Å². The topological polar surface area (TPSA) is 9.23 Å². The second kappa shape index (κ2) is 7.83. The first-order valence-electron chi connectivity index (χ1n) is 8.92. The number of hydrogen-bond donors (Lipinski definition) is 0. The van der Waals surface area contributed by atoms with Gasteiger partial charge >= 0.3 is 0 Å². The highest BCUT2D eigenvalue weighted by Gasteiger charge is 2.42. The second-order valence-electron chi connectivity index (χ2n) is 7.02. The molecule has 1 aliphatic heterocycles. The first kappa shape index (κ1) is 15.6. The maximum atomic E-state index is 5.98. The minimum absolute atomic E-state index is 0.604. The third-order valence-corrected chi connectivity index (χ3v) is 12.2. The Hall–Kier alpha value is 0.177. The molecule has 1 saturated heterocycles. The van der Waals surface area contributed by atoms with Gasteiger partial charge in [0.25, 0.3) is 0 Å². The van der Waals surface area contributed by atoms with Crippen LogP contribution in [0.3, 0.4) is 0 Å². The highest BCUT2D eigenvalue weighted by atomic mass is 28.3. The highest BCUT2D eigenvalue weighted by Crippen LogP contribution is 2.48. The fourth-order valence-corrected chi connectivity index (χ4v) is 11.2. The van der Waals surface area contributed by atoms with Crippen LogP contribution in [0.4, 0.5) is 0 Å². The van der Waals surface area contributed by atoms with Crippen LogP contribution < -0.4 is 0 Å². The summed E-state index contributed by atoms with van der Waals surface area (Å²) in [6.07, 6.45) is 13.6. The molecule has 0 aromatic carbocycles. The smallest absolute Gasteiger partial charge is 0.0575 e. The molecule has 112 valence electrons. The van der Waals surface area contributed by atoms with Crippen LogP contribution in [0.5, 0.6) is 0 Å². The van der Waals surface area contributed by atoms with Crippen molar-refractivity contribution in [3.63, 3.8) is 0 Å². The molecule has 0 bridgehead atoms. The Morgan fingerprint density at radius 1 is 0.895 bits per heavy atom. The van der Waals surface area contributed by atoms with E-state index in [2.05, 4.69) is 13.8 Å². The van der Waals surface area contributed by atoms with Gasteiger partial charge in [0, 0.05) is 6.61 Å². The van der Waals surface area contributed by atoms with Crippen molar-refractivity contribution < 1.29 is 4.74 Å². The van der Waals surface area contributed by atoms with Gasteiger partial charge in [0.15, 0.2) is 0 Å². The molecule has 0 atom stereocenters. The first-order valence-corrected chi connectivity index (χ1v) is 11.6. The van der Waals surface area contributed by atoms with Crippen molar-refractivity contribution in [3.8, 4) is 0 Å². The number of rotatable bonds is 6. The van der Waals surface area contributed by atoms with Crippen LogP contribution >= 0.6 is 0 Å². The van der Waals surface area contributed by atoms with E-state index in [1.807, 2.05) is 0 Å². The van der Waals surface area contributed by atoms with Crippen molar-refractivity contribution in [3.05, 3.63) is 0 Å². The molecule has 1 aliphatic carbocycles. The van der Waals surface area contributed by atoms with Crippen molar-refractivity contribution in [2.45, 2.75) is 101 Å². The third kappa shape index (κ3) is 4.07. The summed E-state index contributed by atoms with van der Waals surface area (Å²) in [5.41, 5.74) is 1.15. The van der Waals surface area contributed by atoms with Crippen LogP contribution in [-0.4, -0.2) is 20.8 Å². The van der Waals surface area contributed by atoms with E-state index in [4.69, 9.17) is 4.74 Å². The highest BCUT2D eigenvalue weighted by molar-refractivity contribution is 6.81. The summed E-state index contributed by atoms with van der Waals surface area (Å²) < 4.78 is 5.98. The van der Waals surface area contributed by atoms with E-state index < -0.39 is 8.07 Å². The van der Waals surface area contributed by atoms with E-state index in [9.17, 15) is 0 Å². The Labute approximate surface area is 121 Å². The first-order chi connectivity index (χ1) is 9.30. The van der Waals surface area contributed by atoms with E-state index >= 15 is 0 Å². The molecule has 0 spiro atoms. The van der Waals surface area contributed by atoms with Crippen molar-refractivity contribution in [2.75, 3.05) is 6.61 Å². The second-order valence-corrected chi connectivity index (χ2v) is 12.1. The molecule has 0 amide bonds. The van der Waals surface area contributed by atoms with E-state index in [0.717, 1.165) is 12.1 Å². The molecule has 0 unspecified atom stereocenters. The third-order valence-electron chi connectivity index (χ3n) is 5.70.